The number of non-ortho nitro benzene ring substituents is 1. The van der Waals surface area contributed by atoms with E-state index in [0.29, 0.717) is 44.1 Å². The van der Waals surface area contributed by atoms with Crippen LogP contribution in [0, 0.1) is 17.0 Å². The van der Waals surface area contributed by atoms with Gasteiger partial charge in [-0.25, -0.2) is 14.8 Å². The molecular weight excluding hydrogens is 414 g/mol. The number of nitro groups is 1. The molecule has 1 aromatic heterocycles. The summed E-state index contributed by atoms with van der Waals surface area (Å²) in [7, 11) is 0. The lowest BCUT2D eigenvalue weighted by Gasteiger charge is -2.36. The molecule has 1 amide bonds. The van der Waals surface area contributed by atoms with Crippen LogP contribution in [0.5, 0.6) is 0 Å². The van der Waals surface area contributed by atoms with Gasteiger partial charge in [0.05, 0.1) is 17.2 Å². The number of anilines is 1. The third-order valence-electron chi connectivity index (χ3n) is 5.26. The van der Waals surface area contributed by atoms with Crippen LogP contribution in [0.25, 0.3) is 0 Å². The Kier molecular flexibility index (Phi) is 7.34. The fraction of sp³-hybridized carbons (Fsp3) is 0.455. The molecule has 1 aliphatic rings. The Morgan fingerprint density at radius 1 is 1.09 bits per heavy atom. The number of hydrogen-bond donors (Lipinski definition) is 0. The van der Waals surface area contributed by atoms with Crippen molar-refractivity contribution in [2.75, 3.05) is 37.7 Å². The fourth-order valence-corrected chi connectivity index (χ4v) is 3.72. The summed E-state index contributed by atoms with van der Waals surface area (Å²) < 4.78 is 5.19. The largest absolute Gasteiger partial charge is 0.462 e. The summed E-state index contributed by atoms with van der Waals surface area (Å²) in [5, 5.41) is 10.9. The lowest BCUT2D eigenvalue weighted by molar-refractivity contribution is -0.384. The third-order valence-corrected chi connectivity index (χ3v) is 5.26. The normalized spacial score (nSPS) is 13.7. The van der Waals surface area contributed by atoms with E-state index >= 15 is 0 Å². The number of hydrogen-bond acceptors (Lipinski definition) is 8. The number of carbonyl (C=O) groups is 2. The number of nitrogens with zero attached hydrogens (tertiary/aromatic N) is 5. The molecule has 0 atom stereocenters. The van der Waals surface area contributed by atoms with E-state index in [1.165, 1.54) is 12.1 Å². The van der Waals surface area contributed by atoms with Gasteiger partial charge < -0.3 is 14.5 Å². The Labute approximate surface area is 186 Å². The predicted octanol–water partition coefficient (Wildman–Crippen LogP) is 2.78. The van der Waals surface area contributed by atoms with E-state index in [2.05, 4.69) is 14.9 Å². The number of piperazine rings is 1. The molecule has 0 radical (unpaired) electrons. The van der Waals surface area contributed by atoms with Gasteiger partial charge in [0.1, 0.15) is 17.1 Å². The van der Waals surface area contributed by atoms with Gasteiger partial charge in [0.2, 0.25) is 0 Å². The average molecular weight is 441 g/mol. The number of amides is 1. The van der Waals surface area contributed by atoms with E-state index in [1.807, 2.05) is 6.92 Å². The summed E-state index contributed by atoms with van der Waals surface area (Å²) in [6.07, 6.45) is 1.32. The van der Waals surface area contributed by atoms with E-state index in [1.54, 1.807) is 30.9 Å². The molecule has 0 unspecified atom stereocenters. The van der Waals surface area contributed by atoms with Gasteiger partial charge in [0, 0.05) is 44.0 Å². The SMILES string of the molecule is CCCc1nc(C)nc(C(=O)N2CCN(c3ccc([N+](=O)[O-])cc3)CC2)c1C(=O)OCC. The van der Waals surface area contributed by atoms with E-state index in [4.69, 9.17) is 4.74 Å². The minimum Gasteiger partial charge on any atom is -0.462 e. The van der Waals surface area contributed by atoms with Crippen LogP contribution in [0.4, 0.5) is 11.4 Å². The third kappa shape index (κ3) is 5.01. The lowest BCUT2D eigenvalue weighted by Crippen LogP contribution is -2.49. The molecule has 0 saturated carbocycles. The number of aromatic nitrogens is 2. The van der Waals surface area contributed by atoms with Crippen molar-refractivity contribution >= 4 is 23.3 Å². The Morgan fingerprint density at radius 3 is 2.31 bits per heavy atom. The van der Waals surface area contributed by atoms with Crippen molar-refractivity contribution in [3.63, 3.8) is 0 Å². The summed E-state index contributed by atoms with van der Waals surface area (Å²) in [5.41, 5.74) is 1.67. The van der Waals surface area contributed by atoms with Crippen molar-refractivity contribution in [3.05, 3.63) is 57.2 Å². The van der Waals surface area contributed by atoms with E-state index in [0.717, 1.165) is 12.1 Å². The van der Waals surface area contributed by atoms with Crippen molar-refractivity contribution in [3.8, 4) is 0 Å². The minimum absolute atomic E-state index is 0.0380. The van der Waals surface area contributed by atoms with Crippen LogP contribution >= 0.6 is 0 Å². The van der Waals surface area contributed by atoms with Crippen LogP contribution in [-0.2, 0) is 11.2 Å². The molecule has 2 aromatic rings. The maximum absolute atomic E-state index is 13.3. The number of aryl methyl sites for hydroxylation is 2. The van der Waals surface area contributed by atoms with Crippen molar-refractivity contribution < 1.29 is 19.2 Å². The molecule has 10 heteroatoms. The summed E-state index contributed by atoms with van der Waals surface area (Å²) in [6.45, 7) is 7.58. The second-order valence-corrected chi connectivity index (χ2v) is 7.46. The molecule has 170 valence electrons. The maximum Gasteiger partial charge on any atom is 0.342 e. The molecule has 1 aromatic carbocycles. The van der Waals surface area contributed by atoms with Gasteiger partial charge in [-0.05, 0) is 32.4 Å². The highest BCUT2D eigenvalue weighted by atomic mass is 16.6. The average Bonchev–Trinajstić information content (AvgIpc) is 2.78. The first kappa shape index (κ1) is 23.1. The van der Waals surface area contributed by atoms with Gasteiger partial charge in [-0.2, -0.15) is 0 Å². The number of rotatable bonds is 7. The Bertz CT molecular complexity index is 1000. The molecule has 10 nitrogen and oxygen atoms in total. The Hall–Kier alpha value is -3.56. The smallest absolute Gasteiger partial charge is 0.342 e. The van der Waals surface area contributed by atoms with Crippen molar-refractivity contribution in [2.24, 2.45) is 0 Å². The van der Waals surface area contributed by atoms with Gasteiger partial charge in [-0.1, -0.05) is 13.3 Å². The van der Waals surface area contributed by atoms with Crippen LogP contribution in [0.3, 0.4) is 0 Å². The van der Waals surface area contributed by atoms with E-state index in [9.17, 15) is 19.7 Å². The molecule has 0 aliphatic carbocycles. The molecule has 0 bridgehead atoms. The fourth-order valence-electron chi connectivity index (χ4n) is 3.72. The van der Waals surface area contributed by atoms with Crippen LogP contribution in [0.15, 0.2) is 24.3 Å². The monoisotopic (exact) mass is 441 g/mol. The second kappa shape index (κ2) is 10.2. The van der Waals surface area contributed by atoms with Gasteiger partial charge in [0.15, 0.2) is 0 Å². The molecule has 0 spiro atoms. The first-order chi connectivity index (χ1) is 15.3. The highest BCUT2D eigenvalue weighted by Gasteiger charge is 2.30. The van der Waals surface area contributed by atoms with Crippen molar-refractivity contribution in [1.29, 1.82) is 0 Å². The summed E-state index contributed by atoms with van der Waals surface area (Å²) in [4.78, 5) is 48.8. The summed E-state index contributed by atoms with van der Waals surface area (Å²) in [6, 6.07) is 6.35. The van der Waals surface area contributed by atoms with Crippen LogP contribution in [-0.4, -0.2) is 64.5 Å². The minimum atomic E-state index is -0.580. The van der Waals surface area contributed by atoms with Crippen LogP contribution in [0.1, 0.15) is 52.6 Å². The Morgan fingerprint density at radius 2 is 1.75 bits per heavy atom. The van der Waals surface area contributed by atoms with Gasteiger partial charge in [0.25, 0.3) is 11.6 Å². The highest BCUT2D eigenvalue weighted by molar-refractivity contribution is 6.04. The lowest BCUT2D eigenvalue weighted by atomic mass is 10.1. The molecule has 1 aliphatic heterocycles. The van der Waals surface area contributed by atoms with Crippen LogP contribution < -0.4 is 4.90 Å². The number of esters is 1. The molecule has 1 saturated heterocycles. The highest BCUT2D eigenvalue weighted by Crippen LogP contribution is 2.22. The molecule has 32 heavy (non-hydrogen) atoms. The molecule has 1 fully saturated rings. The van der Waals surface area contributed by atoms with Gasteiger partial charge in [-0.3, -0.25) is 14.9 Å². The summed E-state index contributed by atoms with van der Waals surface area (Å²) >= 11 is 0. The number of nitro benzene ring substituents is 1. The van der Waals surface area contributed by atoms with Crippen LogP contribution in [0.2, 0.25) is 0 Å². The molecule has 3 rings (SSSR count). The van der Waals surface area contributed by atoms with E-state index < -0.39 is 10.9 Å². The van der Waals surface area contributed by atoms with Crippen molar-refractivity contribution in [1.82, 2.24) is 14.9 Å². The maximum atomic E-state index is 13.3. The molecular formula is C22H27N5O5. The van der Waals surface area contributed by atoms with Gasteiger partial charge >= 0.3 is 5.97 Å². The second-order valence-electron chi connectivity index (χ2n) is 7.46. The topological polar surface area (TPSA) is 119 Å². The predicted molar refractivity (Wildman–Crippen MR) is 118 cm³/mol. The Balaban J connectivity index is 1.79. The van der Waals surface area contributed by atoms with E-state index in [-0.39, 0.29) is 29.5 Å². The van der Waals surface area contributed by atoms with Gasteiger partial charge in [-0.15, -0.1) is 0 Å². The standard InChI is InChI=1S/C22H27N5O5/c1-4-6-18-19(22(29)32-5-2)20(24-15(3)23-18)21(28)26-13-11-25(12-14-26)16-7-9-17(10-8-16)27(30)31/h7-10H,4-6,11-14H2,1-3H3. The number of carbonyl (C=O) groups excluding carboxylic acids is 2. The van der Waals surface area contributed by atoms with Crippen molar-refractivity contribution in [2.45, 2.75) is 33.6 Å². The first-order valence-corrected chi connectivity index (χ1v) is 10.7. The first-order valence-electron chi connectivity index (χ1n) is 10.7. The zero-order chi connectivity index (χ0) is 23.3. The quantitative estimate of drug-likeness (QED) is 0.366. The molecule has 0 N–H and O–H groups in total. The molecule has 2 heterocycles. The number of ether oxygens (including phenoxy) is 1. The zero-order valence-corrected chi connectivity index (χ0v) is 18.5. The zero-order valence-electron chi connectivity index (χ0n) is 18.5. The number of benzene rings is 1. The summed E-state index contributed by atoms with van der Waals surface area (Å²) in [5.74, 6) is -0.461.